The van der Waals surface area contributed by atoms with Crippen molar-refractivity contribution in [1.29, 1.82) is 0 Å². The Morgan fingerprint density at radius 3 is 2.43 bits per heavy atom. The first-order valence-electron chi connectivity index (χ1n) is 13.1. The van der Waals surface area contributed by atoms with E-state index < -0.39 is 0 Å². The Hall–Kier alpha value is -2.22. The van der Waals surface area contributed by atoms with Crippen LogP contribution in [0.1, 0.15) is 32.1 Å². The molecule has 3 fully saturated rings. The molecule has 3 aliphatic rings. The van der Waals surface area contributed by atoms with Gasteiger partial charge in [0.25, 0.3) is 0 Å². The van der Waals surface area contributed by atoms with Gasteiger partial charge in [0.15, 0.2) is 0 Å². The van der Waals surface area contributed by atoms with Crippen molar-refractivity contribution in [3.8, 4) is 0 Å². The molecule has 6 nitrogen and oxygen atoms in total. The number of likely N-dealkylation sites (tertiary alicyclic amines) is 1. The fourth-order valence-corrected chi connectivity index (χ4v) is 5.30. The van der Waals surface area contributed by atoms with E-state index in [9.17, 15) is 4.79 Å². The third-order valence-corrected chi connectivity index (χ3v) is 7.48. The van der Waals surface area contributed by atoms with Gasteiger partial charge in [0, 0.05) is 51.5 Å². The number of carbonyl (C=O) groups excluding carboxylic acids is 1. The van der Waals surface area contributed by atoms with Gasteiger partial charge in [-0.25, -0.2) is 4.39 Å². The van der Waals surface area contributed by atoms with Crippen LogP contribution in [0, 0.1) is 17.7 Å². The lowest BCUT2D eigenvalue weighted by atomic mass is 9.93. The molecule has 0 N–H and O–H groups in total. The van der Waals surface area contributed by atoms with Gasteiger partial charge in [0.05, 0.1) is 18.9 Å². The number of amides is 1. The van der Waals surface area contributed by atoms with Crippen LogP contribution in [-0.4, -0.2) is 76.5 Å². The molecule has 4 rings (SSSR count). The number of carbonyl (C=O) groups is 1. The second-order valence-corrected chi connectivity index (χ2v) is 9.91. The Morgan fingerprint density at radius 2 is 1.74 bits per heavy atom. The van der Waals surface area contributed by atoms with Crippen molar-refractivity contribution in [1.82, 2.24) is 4.90 Å². The highest BCUT2D eigenvalue weighted by atomic mass is 19.1. The number of piperidine rings is 1. The molecule has 35 heavy (non-hydrogen) atoms. The van der Waals surface area contributed by atoms with Crippen LogP contribution in [0.2, 0.25) is 0 Å². The SMILES string of the molecule is C=C/C=C/CN1CCC(CN(C(=O)CC2CCOCC2)c2ccc(N3CCOCC3)c(F)c2)CC1. The lowest BCUT2D eigenvalue weighted by Crippen LogP contribution is -2.42. The van der Waals surface area contributed by atoms with E-state index in [-0.39, 0.29) is 11.7 Å². The second-order valence-electron chi connectivity index (χ2n) is 9.91. The van der Waals surface area contributed by atoms with Crippen molar-refractivity contribution in [2.24, 2.45) is 11.8 Å². The summed E-state index contributed by atoms with van der Waals surface area (Å²) in [6, 6.07) is 5.31. The first-order valence-corrected chi connectivity index (χ1v) is 13.1. The molecule has 0 spiro atoms. The normalized spacial score (nSPS) is 20.9. The summed E-state index contributed by atoms with van der Waals surface area (Å²) < 4.78 is 26.1. The number of hydrogen-bond donors (Lipinski definition) is 0. The van der Waals surface area contributed by atoms with Crippen molar-refractivity contribution >= 4 is 17.3 Å². The Balaban J connectivity index is 1.45. The Bertz CT molecular complexity index is 857. The lowest BCUT2D eigenvalue weighted by Gasteiger charge is -2.35. The first-order chi connectivity index (χ1) is 17.1. The molecule has 7 heteroatoms. The van der Waals surface area contributed by atoms with E-state index >= 15 is 4.39 Å². The molecule has 0 bridgehead atoms. The monoisotopic (exact) mass is 485 g/mol. The third kappa shape index (κ3) is 7.38. The van der Waals surface area contributed by atoms with Crippen molar-refractivity contribution in [3.63, 3.8) is 0 Å². The molecule has 1 aromatic rings. The quantitative estimate of drug-likeness (QED) is 0.489. The van der Waals surface area contributed by atoms with Gasteiger partial charge in [-0.15, -0.1) is 0 Å². The average molecular weight is 486 g/mol. The number of allylic oxidation sites excluding steroid dienone is 2. The number of anilines is 2. The van der Waals surface area contributed by atoms with Crippen LogP contribution in [-0.2, 0) is 14.3 Å². The Labute approximate surface area is 209 Å². The fraction of sp³-hybridized carbons (Fsp3) is 0.607. The van der Waals surface area contributed by atoms with Gasteiger partial charge in [-0.2, -0.15) is 0 Å². The highest BCUT2D eigenvalue weighted by Gasteiger charge is 2.28. The summed E-state index contributed by atoms with van der Waals surface area (Å²) in [6.07, 6.45) is 10.3. The van der Waals surface area contributed by atoms with Crippen LogP contribution in [0.5, 0.6) is 0 Å². The van der Waals surface area contributed by atoms with Gasteiger partial charge in [0.1, 0.15) is 5.82 Å². The number of benzene rings is 1. The molecule has 3 aliphatic heterocycles. The van der Waals surface area contributed by atoms with Gasteiger partial charge in [-0.3, -0.25) is 9.69 Å². The second kappa shape index (κ2) is 13.2. The Kier molecular flexibility index (Phi) is 9.74. The van der Waals surface area contributed by atoms with Gasteiger partial charge >= 0.3 is 0 Å². The zero-order chi connectivity index (χ0) is 24.5. The summed E-state index contributed by atoms with van der Waals surface area (Å²) in [6.45, 7) is 11.4. The number of halogens is 1. The van der Waals surface area contributed by atoms with E-state index in [1.807, 2.05) is 28.0 Å². The van der Waals surface area contributed by atoms with Gasteiger partial charge in [0.2, 0.25) is 5.91 Å². The molecule has 0 atom stereocenters. The molecule has 1 amide bonds. The number of nitrogens with zero attached hydrogens (tertiary/aromatic N) is 3. The van der Waals surface area contributed by atoms with Crippen LogP contribution in [0.3, 0.4) is 0 Å². The molecule has 0 saturated carbocycles. The Morgan fingerprint density at radius 1 is 1.03 bits per heavy atom. The average Bonchev–Trinajstić information content (AvgIpc) is 2.89. The maximum atomic E-state index is 15.2. The van der Waals surface area contributed by atoms with Gasteiger partial charge < -0.3 is 19.3 Å². The predicted molar refractivity (Wildman–Crippen MR) is 138 cm³/mol. The van der Waals surface area contributed by atoms with Crippen LogP contribution < -0.4 is 9.80 Å². The third-order valence-electron chi connectivity index (χ3n) is 7.48. The van der Waals surface area contributed by atoms with Crippen molar-refractivity contribution in [2.75, 3.05) is 75.5 Å². The van der Waals surface area contributed by atoms with E-state index in [2.05, 4.69) is 17.6 Å². The fourth-order valence-electron chi connectivity index (χ4n) is 5.30. The first kappa shape index (κ1) is 25.9. The molecular weight excluding hydrogens is 445 g/mol. The molecule has 0 radical (unpaired) electrons. The largest absolute Gasteiger partial charge is 0.381 e. The van der Waals surface area contributed by atoms with Gasteiger partial charge in [-0.1, -0.05) is 24.8 Å². The zero-order valence-electron chi connectivity index (χ0n) is 20.9. The molecule has 0 unspecified atom stereocenters. The smallest absolute Gasteiger partial charge is 0.227 e. The highest BCUT2D eigenvalue weighted by molar-refractivity contribution is 5.93. The lowest BCUT2D eigenvalue weighted by molar-refractivity contribution is -0.120. The summed E-state index contributed by atoms with van der Waals surface area (Å²) in [5, 5.41) is 0. The minimum Gasteiger partial charge on any atom is -0.381 e. The summed E-state index contributed by atoms with van der Waals surface area (Å²) in [7, 11) is 0. The van der Waals surface area contributed by atoms with E-state index in [0.29, 0.717) is 62.5 Å². The topological polar surface area (TPSA) is 45.2 Å². The van der Waals surface area contributed by atoms with Gasteiger partial charge in [-0.05, 0) is 68.8 Å². The molecule has 1 aromatic carbocycles. The van der Waals surface area contributed by atoms with Crippen molar-refractivity contribution in [3.05, 3.63) is 48.8 Å². The number of rotatable bonds is 9. The molecule has 3 heterocycles. The molecule has 0 aromatic heterocycles. The number of morpholine rings is 1. The summed E-state index contributed by atoms with van der Waals surface area (Å²) in [4.78, 5) is 19.8. The molecule has 192 valence electrons. The molecular formula is C28H40FN3O3. The van der Waals surface area contributed by atoms with Crippen LogP contribution in [0.25, 0.3) is 0 Å². The summed E-state index contributed by atoms with van der Waals surface area (Å²) in [5.74, 6) is 0.592. The molecule has 0 aliphatic carbocycles. The van der Waals surface area contributed by atoms with E-state index in [4.69, 9.17) is 9.47 Å². The summed E-state index contributed by atoms with van der Waals surface area (Å²) >= 11 is 0. The maximum Gasteiger partial charge on any atom is 0.227 e. The number of ether oxygens (including phenoxy) is 2. The van der Waals surface area contributed by atoms with E-state index in [1.54, 1.807) is 12.1 Å². The van der Waals surface area contributed by atoms with Crippen LogP contribution in [0.15, 0.2) is 43.0 Å². The van der Waals surface area contributed by atoms with Crippen molar-refractivity contribution in [2.45, 2.75) is 32.1 Å². The standard InChI is InChI=1S/C28H40FN3O3/c1-2-3-4-11-30-12-7-24(8-13-30)22-32(28(33)20-23-9-16-34-17-10-23)25-5-6-27(26(29)21-25)31-14-18-35-19-15-31/h2-6,21,23-24H,1,7-20,22H2/b4-3+. The van der Waals surface area contributed by atoms with E-state index in [0.717, 1.165) is 58.5 Å². The van der Waals surface area contributed by atoms with Crippen molar-refractivity contribution < 1.29 is 18.7 Å². The highest BCUT2D eigenvalue weighted by Crippen LogP contribution is 2.30. The van der Waals surface area contributed by atoms with E-state index in [1.165, 1.54) is 0 Å². The zero-order valence-corrected chi connectivity index (χ0v) is 20.9. The summed E-state index contributed by atoms with van der Waals surface area (Å²) in [5.41, 5.74) is 1.27. The minimum absolute atomic E-state index is 0.103. The number of hydrogen-bond acceptors (Lipinski definition) is 5. The minimum atomic E-state index is -0.267. The van der Waals surface area contributed by atoms with Crippen LogP contribution >= 0.6 is 0 Å². The predicted octanol–water partition coefficient (Wildman–Crippen LogP) is 4.27. The van der Waals surface area contributed by atoms with Crippen LogP contribution in [0.4, 0.5) is 15.8 Å². The maximum absolute atomic E-state index is 15.2. The molecule has 3 saturated heterocycles.